The van der Waals surface area contributed by atoms with Crippen LogP contribution in [-0.4, -0.2) is 30.2 Å². The Balaban J connectivity index is 1.81. The number of carbonyl (C=O) groups excluding carboxylic acids is 1. The fourth-order valence-electron chi connectivity index (χ4n) is 2.11. The highest BCUT2D eigenvalue weighted by Gasteiger charge is 2.24. The molecule has 5 heteroatoms. The Morgan fingerprint density at radius 3 is 2.45 bits per heavy atom. The third-order valence-electron chi connectivity index (χ3n) is 3.14. The van der Waals surface area contributed by atoms with Crippen molar-refractivity contribution in [1.29, 1.82) is 0 Å². The molecule has 20 heavy (non-hydrogen) atoms. The van der Waals surface area contributed by atoms with E-state index in [9.17, 15) is 4.79 Å². The Labute approximate surface area is 119 Å². The van der Waals surface area contributed by atoms with Crippen molar-refractivity contribution in [3.8, 4) is 5.75 Å². The minimum absolute atomic E-state index is 0.118. The first kappa shape index (κ1) is 14.2. The first-order valence-corrected chi connectivity index (χ1v) is 6.69. The predicted molar refractivity (Wildman–Crippen MR) is 77.4 cm³/mol. The maximum atomic E-state index is 11.7. The van der Waals surface area contributed by atoms with Crippen LogP contribution in [0.2, 0.25) is 0 Å². The number of hydrogen-bond acceptors (Lipinski definition) is 4. The van der Waals surface area contributed by atoms with Gasteiger partial charge in [-0.15, -0.1) is 0 Å². The fourth-order valence-corrected chi connectivity index (χ4v) is 2.11. The summed E-state index contributed by atoms with van der Waals surface area (Å²) in [5.41, 5.74) is 6.35. The molecule has 1 amide bonds. The van der Waals surface area contributed by atoms with Gasteiger partial charge in [-0.2, -0.15) is 0 Å². The van der Waals surface area contributed by atoms with Gasteiger partial charge in [0.05, 0.1) is 5.76 Å². The minimum atomic E-state index is -0.330. The van der Waals surface area contributed by atoms with Gasteiger partial charge in [-0.05, 0) is 31.2 Å². The Kier molecular flexibility index (Phi) is 4.50. The van der Waals surface area contributed by atoms with Crippen LogP contribution in [0.25, 0.3) is 0 Å². The molecule has 0 saturated carbocycles. The summed E-state index contributed by atoms with van der Waals surface area (Å²) in [4.78, 5) is 13.4. The molecular weight excluding hydrogens is 256 g/mol. The average molecular weight is 276 g/mol. The molecule has 1 saturated heterocycles. The van der Waals surface area contributed by atoms with E-state index in [1.54, 1.807) is 11.8 Å². The quantitative estimate of drug-likeness (QED) is 0.681. The molecule has 0 bridgehead atoms. The number of anilines is 1. The lowest BCUT2D eigenvalue weighted by atomic mass is 10.1. The van der Waals surface area contributed by atoms with Crippen molar-refractivity contribution in [3.63, 3.8) is 0 Å². The number of rotatable bonds is 3. The summed E-state index contributed by atoms with van der Waals surface area (Å²) in [6, 6.07) is 7.34. The van der Waals surface area contributed by atoms with Gasteiger partial charge in [-0.1, -0.05) is 6.58 Å². The molecule has 1 aromatic rings. The third kappa shape index (κ3) is 3.91. The van der Waals surface area contributed by atoms with E-state index in [1.807, 2.05) is 24.3 Å². The molecule has 2 rings (SSSR count). The second-order valence-corrected chi connectivity index (χ2v) is 4.94. The van der Waals surface area contributed by atoms with Crippen LogP contribution in [0.4, 0.5) is 10.5 Å². The number of amides is 1. The summed E-state index contributed by atoms with van der Waals surface area (Å²) in [6.07, 6.45) is 1.36. The van der Waals surface area contributed by atoms with Gasteiger partial charge in [0.1, 0.15) is 11.9 Å². The van der Waals surface area contributed by atoms with Gasteiger partial charge in [0.2, 0.25) is 0 Å². The predicted octanol–water partition coefficient (Wildman–Crippen LogP) is 2.78. The van der Waals surface area contributed by atoms with E-state index in [0.717, 1.165) is 24.3 Å². The number of carbonyl (C=O) groups is 1. The summed E-state index contributed by atoms with van der Waals surface area (Å²) in [5, 5.41) is 0. The van der Waals surface area contributed by atoms with Gasteiger partial charge < -0.3 is 20.1 Å². The first-order chi connectivity index (χ1) is 9.54. The second kappa shape index (κ2) is 6.32. The second-order valence-electron chi connectivity index (χ2n) is 4.94. The molecule has 1 aliphatic rings. The number of nitrogens with two attached hydrogens (primary N) is 1. The molecule has 1 aromatic carbocycles. The van der Waals surface area contributed by atoms with Crippen LogP contribution < -0.4 is 10.5 Å². The van der Waals surface area contributed by atoms with Crippen molar-refractivity contribution in [1.82, 2.24) is 4.90 Å². The number of piperidine rings is 1. The molecule has 0 aromatic heterocycles. The van der Waals surface area contributed by atoms with Crippen LogP contribution in [0.15, 0.2) is 36.6 Å². The van der Waals surface area contributed by atoms with Gasteiger partial charge in [0.15, 0.2) is 0 Å². The maximum Gasteiger partial charge on any atom is 0.414 e. The van der Waals surface area contributed by atoms with E-state index in [2.05, 4.69) is 6.58 Å². The summed E-state index contributed by atoms with van der Waals surface area (Å²) < 4.78 is 10.9. The number of likely N-dealkylation sites (tertiary alicyclic amines) is 1. The van der Waals surface area contributed by atoms with Crippen molar-refractivity contribution in [2.24, 2.45) is 0 Å². The van der Waals surface area contributed by atoms with Crippen LogP contribution in [0.5, 0.6) is 5.75 Å². The van der Waals surface area contributed by atoms with E-state index < -0.39 is 0 Å². The number of nitrogens with zero attached hydrogens (tertiary/aromatic N) is 1. The van der Waals surface area contributed by atoms with Gasteiger partial charge in [-0.3, -0.25) is 0 Å². The van der Waals surface area contributed by atoms with E-state index in [0.29, 0.717) is 18.8 Å². The fraction of sp³-hybridized carbons (Fsp3) is 0.400. The van der Waals surface area contributed by atoms with Crippen molar-refractivity contribution >= 4 is 11.8 Å². The molecule has 0 unspecified atom stereocenters. The van der Waals surface area contributed by atoms with Crippen molar-refractivity contribution in [2.45, 2.75) is 25.9 Å². The van der Waals surface area contributed by atoms with Gasteiger partial charge in [-0.25, -0.2) is 4.79 Å². The van der Waals surface area contributed by atoms with E-state index >= 15 is 0 Å². The lowest BCUT2D eigenvalue weighted by Crippen LogP contribution is -2.41. The van der Waals surface area contributed by atoms with Gasteiger partial charge in [0, 0.05) is 31.6 Å². The Morgan fingerprint density at radius 2 is 1.90 bits per heavy atom. The molecule has 1 fully saturated rings. The zero-order valence-corrected chi connectivity index (χ0v) is 11.7. The lowest BCUT2D eigenvalue weighted by Gasteiger charge is -2.31. The van der Waals surface area contributed by atoms with Crippen LogP contribution in [0.1, 0.15) is 19.8 Å². The smallest absolute Gasteiger partial charge is 0.414 e. The molecule has 108 valence electrons. The topological polar surface area (TPSA) is 64.8 Å². The maximum absolute atomic E-state index is 11.7. The van der Waals surface area contributed by atoms with Gasteiger partial charge >= 0.3 is 6.09 Å². The van der Waals surface area contributed by atoms with Gasteiger partial charge in [0.25, 0.3) is 0 Å². The Morgan fingerprint density at radius 1 is 1.30 bits per heavy atom. The third-order valence-corrected chi connectivity index (χ3v) is 3.14. The highest BCUT2D eigenvalue weighted by atomic mass is 16.6. The number of benzene rings is 1. The Bertz CT molecular complexity index is 476. The molecule has 0 aliphatic carbocycles. The highest BCUT2D eigenvalue weighted by Crippen LogP contribution is 2.20. The zero-order valence-electron chi connectivity index (χ0n) is 11.7. The molecule has 1 heterocycles. The molecule has 0 radical (unpaired) electrons. The van der Waals surface area contributed by atoms with Crippen LogP contribution in [0.3, 0.4) is 0 Å². The molecule has 2 N–H and O–H groups in total. The minimum Gasteiger partial charge on any atom is -0.490 e. The summed E-state index contributed by atoms with van der Waals surface area (Å²) in [6.45, 7) is 6.49. The zero-order chi connectivity index (χ0) is 14.5. The summed E-state index contributed by atoms with van der Waals surface area (Å²) >= 11 is 0. The average Bonchev–Trinajstić information content (AvgIpc) is 2.41. The van der Waals surface area contributed by atoms with Crippen molar-refractivity contribution in [3.05, 3.63) is 36.6 Å². The highest BCUT2D eigenvalue weighted by molar-refractivity contribution is 5.68. The molecule has 1 aliphatic heterocycles. The summed E-state index contributed by atoms with van der Waals surface area (Å²) in [5.74, 6) is 1.22. The van der Waals surface area contributed by atoms with Crippen LogP contribution in [-0.2, 0) is 4.74 Å². The normalized spacial score (nSPS) is 15.8. The van der Waals surface area contributed by atoms with Crippen molar-refractivity contribution in [2.75, 3.05) is 18.8 Å². The first-order valence-electron chi connectivity index (χ1n) is 6.69. The van der Waals surface area contributed by atoms with Crippen LogP contribution in [0, 0.1) is 0 Å². The summed E-state index contributed by atoms with van der Waals surface area (Å²) in [7, 11) is 0. The monoisotopic (exact) mass is 276 g/mol. The standard InChI is InChI=1S/C15H20N2O3/c1-11(2)19-15(18)17-9-7-14(8-10-17)20-13-5-3-12(16)4-6-13/h3-6,14H,1,7-10,16H2,2H3. The molecule has 5 nitrogen and oxygen atoms in total. The van der Waals surface area contributed by atoms with Crippen LogP contribution >= 0.6 is 0 Å². The number of ether oxygens (including phenoxy) is 2. The van der Waals surface area contributed by atoms with E-state index in [-0.39, 0.29) is 12.2 Å². The largest absolute Gasteiger partial charge is 0.490 e. The number of hydrogen-bond donors (Lipinski definition) is 1. The SMILES string of the molecule is C=C(C)OC(=O)N1CCC(Oc2ccc(N)cc2)CC1. The van der Waals surface area contributed by atoms with Crippen molar-refractivity contribution < 1.29 is 14.3 Å². The molecule has 0 atom stereocenters. The van der Waals surface area contributed by atoms with E-state index in [4.69, 9.17) is 15.2 Å². The lowest BCUT2D eigenvalue weighted by molar-refractivity contribution is 0.0820. The van der Waals surface area contributed by atoms with E-state index in [1.165, 1.54) is 0 Å². The number of nitrogen functional groups attached to an aromatic ring is 1. The Hall–Kier alpha value is -2.17. The number of allylic oxidation sites excluding steroid dienone is 1. The molecular formula is C15H20N2O3. The molecule has 0 spiro atoms.